The predicted octanol–water partition coefficient (Wildman–Crippen LogP) is 13.8. The Hall–Kier alpha value is -7.41. The third kappa shape index (κ3) is 8.67. The fourth-order valence-electron chi connectivity index (χ4n) is 20.3. The van der Waals surface area contributed by atoms with Gasteiger partial charge >= 0.3 is 17.6 Å². The van der Waals surface area contributed by atoms with E-state index in [1.54, 1.807) is 13.0 Å². The molecule has 6 bridgehead atoms. The number of allylic oxidation sites excluding steroid dienone is 5. The molecule has 14 unspecified atom stereocenters. The summed E-state index contributed by atoms with van der Waals surface area (Å²) in [6.45, 7) is 0.703. The first kappa shape index (κ1) is 57.7. The maximum atomic E-state index is 16.2. The minimum atomic E-state index is -1.38. The number of hydrogen-bond acceptors (Lipinski definition) is 11. The fraction of sp³-hybridized carbons (Fsp3) is 0.430. The summed E-state index contributed by atoms with van der Waals surface area (Å²) in [6, 6.07) is 35.3. The fourth-order valence-corrected chi connectivity index (χ4v) is 20.3. The Morgan fingerprint density at radius 2 is 1.62 bits per heavy atom. The lowest BCUT2D eigenvalue weighted by Gasteiger charge is -2.56. The summed E-state index contributed by atoms with van der Waals surface area (Å²) in [5, 5.41) is 33.0. The smallest absolute Gasteiger partial charge is 0.340 e. The number of carbonyl (C=O) groups excluding carboxylic acids is 2. The summed E-state index contributed by atoms with van der Waals surface area (Å²) in [5.74, 6) is -1.05. The Morgan fingerprint density at radius 1 is 0.789 bits per heavy atom. The lowest BCUT2D eigenvalue weighted by Crippen LogP contribution is -2.64. The van der Waals surface area contributed by atoms with Gasteiger partial charge < -0.3 is 38.7 Å². The van der Waals surface area contributed by atoms with Gasteiger partial charge in [-0.05, 0) is 186 Å². The second-order valence-corrected chi connectivity index (χ2v) is 28.0. The van der Waals surface area contributed by atoms with E-state index in [0.717, 1.165) is 43.2 Å². The zero-order chi connectivity index (χ0) is 61.2. The highest BCUT2D eigenvalue weighted by Gasteiger charge is 2.69. The van der Waals surface area contributed by atoms with Crippen LogP contribution in [0.2, 0.25) is 0 Å². The maximum absolute atomic E-state index is 16.2. The minimum absolute atomic E-state index is 0.00745. The SMILES string of the molecule is COCC(CCO)c1c(CO)c2ccc3c(c2oc1=O)C1OC(=O)CC2CC(c4cccc5c4CCC4CCCC6C=Cc7ccccc7C564)C=CC2c2ccc4c(c2)CCC25C=CCC(O3)(C1OC(=O)C(=C(C)CO)CC4)C2CC1c2ccccc2C=CC15. The van der Waals surface area contributed by atoms with Gasteiger partial charge in [-0.25, -0.2) is 9.59 Å². The van der Waals surface area contributed by atoms with Crippen molar-refractivity contribution < 1.29 is 48.3 Å². The summed E-state index contributed by atoms with van der Waals surface area (Å²) < 4.78 is 34.5. The molecule has 4 heterocycles. The second kappa shape index (κ2) is 22.5. The molecule has 0 amide bonds. The molecule has 11 heteroatoms. The zero-order valence-corrected chi connectivity index (χ0v) is 51.5. The van der Waals surface area contributed by atoms with Crippen LogP contribution in [0.15, 0.2) is 154 Å². The van der Waals surface area contributed by atoms with Gasteiger partial charge in [0.1, 0.15) is 11.3 Å². The monoisotopic (exact) mass is 1200 g/mol. The quantitative estimate of drug-likeness (QED) is 0.0576. The van der Waals surface area contributed by atoms with Crippen molar-refractivity contribution in [2.75, 3.05) is 26.9 Å². The van der Waals surface area contributed by atoms with Crippen molar-refractivity contribution in [2.45, 2.75) is 150 Å². The molecule has 5 aromatic carbocycles. The number of ether oxygens (including phenoxy) is 4. The molecule has 1 aromatic heterocycles. The largest absolute Gasteiger partial charge is 0.482 e. The minimum Gasteiger partial charge on any atom is -0.482 e. The Morgan fingerprint density at radius 3 is 2.48 bits per heavy atom. The van der Waals surface area contributed by atoms with Gasteiger partial charge in [0.25, 0.3) is 0 Å². The van der Waals surface area contributed by atoms with Gasteiger partial charge in [-0.2, -0.15) is 0 Å². The number of carbonyl (C=O) groups is 2. The van der Waals surface area contributed by atoms with Crippen molar-refractivity contribution in [3.8, 4) is 5.75 Å². The van der Waals surface area contributed by atoms with Gasteiger partial charge in [0.2, 0.25) is 0 Å². The molecule has 16 rings (SSSR count). The van der Waals surface area contributed by atoms with E-state index >= 15 is 9.59 Å². The van der Waals surface area contributed by atoms with Crippen LogP contribution in [-0.4, -0.2) is 65.9 Å². The lowest BCUT2D eigenvalue weighted by molar-refractivity contribution is -0.210. The summed E-state index contributed by atoms with van der Waals surface area (Å²) in [4.78, 5) is 46.8. The molecule has 462 valence electrons. The third-order valence-electron chi connectivity index (χ3n) is 24.1. The molecule has 11 nitrogen and oxygen atoms in total. The molecule has 0 saturated heterocycles. The molecule has 6 aromatic rings. The molecule has 7 aliphatic carbocycles. The highest BCUT2D eigenvalue weighted by atomic mass is 16.6. The molecule has 2 saturated carbocycles. The average Bonchev–Trinajstić information content (AvgIpc) is 1.33. The number of benzene rings is 5. The molecule has 2 spiro atoms. The average molecular weight is 1210 g/mol. The molecule has 0 radical (unpaired) electrons. The maximum Gasteiger partial charge on any atom is 0.340 e. The van der Waals surface area contributed by atoms with Crippen LogP contribution in [-0.2, 0) is 55.1 Å². The number of rotatable bonds is 8. The van der Waals surface area contributed by atoms with Gasteiger partial charge in [-0.3, -0.25) is 4.79 Å². The summed E-state index contributed by atoms with van der Waals surface area (Å²) in [5.41, 5.74) is 11.8. The van der Waals surface area contributed by atoms with Crippen molar-refractivity contribution >= 4 is 35.1 Å². The highest BCUT2D eigenvalue weighted by Crippen LogP contribution is 2.69. The first-order valence-electron chi connectivity index (χ1n) is 33.4. The molecule has 90 heavy (non-hydrogen) atoms. The van der Waals surface area contributed by atoms with Crippen LogP contribution in [0.4, 0.5) is 0 Å². The predicted molar refractivity (Wildman–Crippen MR) is 345 cm³/mol. The first-order chi connectivity index (χ1) is 44.0. The summed E-state index contributed by atoms with van der Waals surface area (Å²) in [6.07, 6.45) is 26.2. The van der Waals surface area contributed by atoms with Crippen LogP contribution in [0.25, 0.3) is 23.1 Å². The van der Waals surface area contributed by atoms with E-state index in [9.17, 15) is 20.1 Å². The number of aliphatic hydroxyl groups is 3. The Balaban J connectivity index is 0.904. The molecule has 3 aliphatic heterocycles. The molecule has 2 fully saturated rings. The van der Waals surface area contributed by atoms with Crippen molar-refractivity contribution in [3.05, 3.63) is 227 Å². The summed E-state index contributed by atoms with van der Waals surface area (Å²) >= 11 is 0. The van der Waals surface area contributed by atoms with Gasteiger partial charge in [-0.1, -0.05) is 140 Å². The molecule has 3 N–H and O–H groups in total. The van der Waals surface area contributed by atoms with E-state index in [1.807, 2.05) is 6.07 Å². The molecular weight excluding hydrogens is 1120 g/mol. The van der Waals surface area contributed by atoms with E-state index < -0.39 is 53.3 Å². The molecular formula is C79H80O11. The first-order valence-corrected chi connectivity index (χ1v) is 33.4. The Labute approximate surface area is 526 Å². The highest BCUT2D eigenvalue weighted by molar-refractivity contribution is 5.91. The van der Waals surface area contributed by atoms with Crippen molar-refractivity contribution in [1.29, 1.82) is 0 Å². The number of esters is 2. The van der Waals surface area contributed by atoms with Crippen LogP contribution in [0, 0.1) is 35.0 Å². The van der Waals surface area contributed by atoms with Crippen molar-refractivity contribution in [2.24, 2.45) is 35.0 Å². The second-order valence-electron chi connectivity index (χ2n) is 28.0. The number of hydrogen-bond donors (Lipinski definition) is 3. The third-order valence-corrected chi connectivity index (χ3v) is 24.1. The number of aryl methyl sites for hydroxylation is 2. The van der Waals surface area contributed by atoms with Crippen molar-refractivity contribution in [3.63, 3.8) is 0 Å². The Kier molecular flexibility index (Phi) is 14.4. The molecule has 14 atom stereocenters. The Bertz CT molecular complexity index is 4140. The van der Waals surface area contributed by atoms with Gasteiger partial charge in [0, 0.05) is 77.6 Å². The van der Waals surface area contributed by atoms with E-state index in [1.165, 1.54) is 64.5 Å². The van der Waals surface area contributed by atoms with Crippen LogP contribution in [0.5, 0.6) is 5.75 Å². The van der Waals surface area contributed by atoms with Crippen LogP contribution in [0.3, 0.4) is 0 Å². The number of methoxy groups -OCH3 is 1. The number of aliphatic hydroxyl groups excluding tert-OH is 3. The van der Waals surface area contributed by atoms with Crippen LogP contribution < -0.4 is 10.4 Å². The van der Waals surface area contributed by atoms with E-state index in [-0.39, 0.29) is 96.7 Å². The van der Waals surface area contributed by atoms with E-state index in [4.69, 9.17) is 23.4 Å². The zero-order valence-electron chi connectivity index (χ0n) is 51.5. The van der Waals surface area contributed by atoms with E-state index in [0.29, 0.717) is 65.4 Å². The number of fused-ring (bicyclic) bond motifs is 13. The van der Waals surface area contributed by atoms with Crippen LogP contribution in [0.1, 0.15) is 180 Å². The standard InChI is InChI=1S/C79H80O11/c1-45(42-81)56-26-21-46-18-19-50-38-49(46)32-36-77-34-9-35-78(68(77)41-62-58-14-5-3-10-47(58)23-30-65(62)77)74(89-75(56)84)73(71-67(90-78)31-29-61-63(43-82)70(76(85)88-72(61)71)52(33-37-80)44-86-2)87-69(83)40-53-39-51(22-27-57(50)53)59-15-8-17-66-60(59)28-25-55-13-7-12-54-24-20-48-11-4-6-16-64(48)79(54,55)66/h3-6,8-11,14-20,22-24,27,29-31,34,38,51-55,57,62,65,68,73-74,80-82H,7,12-13,21,25-26,28,32-33,35-37,39-44H2,1-2H3. The van der Waals surface area contributed by atoms with Gasteiger partial charge in [0.15, 0.2) is 17.8 Å². The topological polar surface area (TPSA) is 162 Å². The van der Waals surface area contributed by atoms with Crippen LogP contribution >= 0.6 is 0 Å². The summed E-state index contributed by atoms with van der Waals surface area (Å²) in [7, 11) is 1.53. The lowest BCUT2D eigenvalue weighted by atomic mass is 9.48. The normalized spacial score (nSPS) is 32.4. The van der Waals surface area contributed by atoms with Crippen molar-refractivity contribution in [1.82, 2.24) is 0 Å². The molecule has 10 aliphatic rings. The van der Waals surface area contributed by atoms with E-state index in [2.05, 4.69) is 134 Å². The van der Waals surface area contributed by atoms with Gasteiger partial charge in [-0.15, -0.1) is 0 Å². The van der Waals surface area contributed by atoms with Gasteiger partial charge in [0.05, 0.1) is 25.4 Å².